The highest BCUT2D eigenvalue weighted by Gasteiger charge is 2.44. The van der Waals surface area contributed by atoms with E-state index in [0.717, 1.165) is 12.6 Å². The Hall–Kier alpha value is -2.44. The number of carboxylic acids is 1. The minimum atomic E-state index is -1.83. The van der Waals surface area contributed by atoms with Crippen LogP contribution < -0.4 is 21.0 Å². The van der Waals surface area contributed by atoms with Gasteiger partial charge in [0.15, 0.2) is 0 Å². The Morgan fingerprint density at radius 1 is 0.654 bits per heavy atom. The van der Waals surface area contributed by atoms with Crippen LogP contribution in [0.5, 0.6) is 0 Å². The SMILES string of the molecule is O=C([O-])CCCC[P+](c1ccccc1)(c1ccccc1)c1ccccc1. The van der Waals surface area contributed by atoms with Crippen LogP contribution >= 0.6 is 7.26 Å². The van der Waals surface area contributed by atoms with E-state index in [4.69, 9.17) is 0 Å². The average Bonchev–Trinajstić information content (AvgIpc) is 2.70. The summed E-state index contributed by atoms with van der Waals surface area (Å²) in [6, 6.07) is 32.0. The van der Waals surface area contributed by atoms with Gasteiger partial charge in [0.1, 0.15) is 23.2 Å². The normalized spacial score (nSPS) is 11.2. The number of benzene rings is 3. The molecular weight excluding hydrogens is 339 g/mol. The fraction of sp³-hybridized carbons (Fsp3) is 0.174. The van der Waals surface area contributed by atoms with Crippen molar-refractivity contribution >= 4 is 29.1 Å². The van der Waals surface area contributed by atoms with Crippen LogP contribution in [0.2, 0.25) is 0 Å². The molecule has 0 bridgehead atoms. The van der Waals surface area contributed by atoms with Crippen molar-refractivity contribution in [3.05, 3.63) is 91.0 Å². The van der Waals surface area contributed by atoms with E-state index in [2.05, 4.69) is 72.8 Å². The van der Waals surface area contributed by atoms with Gasteiger partial charge in [0.05, 0.1) is 6.16 Å². The Labute approximate surface area is 155 Å². The van der Waals surface area contributed by atoms with Crippen LogP contribution in [-0.4, -0.2) is 12.1 Å². The van der Waals surface area contributed by atoms with Crippen molar-refractivity contribution in [3.63, 3.8) is 0 Å². The van der Waals surface area contributed by atoms with Crippen molar-refractivity contribution in [2.45, 2.75) is 19.3 Å². The highest BCUT2D eigenvalue weighted by atomic mass is 31.2. The molecule has 0 atom stereocenters. The van der Waals surface area contributed by atoms with Gasteiger partial charge in [0.25, 0.3) is 0 Å². The molecule has 0 radical (unpaired) electrons. The van der Waals surface area contributed by atoms with Crippen LogP contribution in [0.1, 0.15) is 19.3 Å². The van der Waals surface area contributed by atoms with E-state index in [1.165, 1.54) is 15.9 Å². The molecule has 0 unspecified atom stereocenters. The summed E-state index contributed by atoms with van der Waals surface area (Å²) in [5.41, 5.74) is 0. The fourth-order valence-corrected chi connectivity index (χ4v) is 7.91. The van der Waals surface area contributed by atoms with Crippen LogP contribution in [-0.2, 0) is 4.79 Å². The van der Waals surface area contributed by atoms with Crippen LogP contribution in [0.15, 0.2) is 91.0 Å². The van der Waals surface area contributed by atoms with Gasteiger partial charge in [-0.2, -0.15) is 0 Å². The van der Waals surface area contributed by atoms with Gasteiger partial charge in [-0.15, -0.1) is 0 Å². The van der Waals surface area contributed by atoms with Crippen LogP contribution in [0.3, 0.4) is 0 Å². The van der Waals surface area contributed by atoms with Crippen molar-refractivity contribution in [1.29, 1.82) is 0 Å². The number of carboxylic acid groups (broad SMARTS) is 1. The van der Waals surface area contributed by atoms with E-state index in [1.807, 2.05) is 18.2 Å². The molecule has 0 fully saturated rings. The second-order valence-corrected chi connectivity index (χ2v) is 9.99. The van der Waals surface area contributed by atoms with Crippen molar-refractivity contribution in [3.8, 4) is 0 Å². The third-order valence-corrected chi connectivity index (χ3v) is 9.24. The van der Waals surface area contributed by atoms with E-state index in [1.54, 1.807) is 0 Å². The lowest BCUT2D eigenvalue weighted by Gasteiger charge is -2.27. The van der Waals surface area contributed by atoms with Crippen molar-refractivity contribution in [1.82, 2.24) is 0 Å². The van der Waals surface area contributed by atoms with Gasteiger partial charge >= 0.3 is 0 Å². The molecule has 3 heteroatoms. The molecule has 0 saturated heterocycles. The van der Waals surface area contributed by atoms with Gasteiger partial charge in [0, 0.05) is 5.97 Å². The second kappa shape index (κ2) is 8.78. The summed E-state index contributed by atoms with van der Waals surface area (Å²) in [6.07, 6.45) is 2.59. The summed E-state index contributed by atoms with van der Waals surface area (Å²) < 4.78 is 0. The molecule has 132 valence electrons. The zero-order valence-electron chi connectivity index (χ0n) is 14.8. The maximum absolute atomic E-state index is 10.8. The highest BCUT2D eigenvalue weighted by Crippen LogP contribution is 2.55. The first kappa shape index (κ1) is 18.4. The number of hydrogen-bond acceptors (Lipinski definition) is 2. The molecule has 0 aliphatic heterocycles. The average molecular weight is 362 g/mol. The van der Waals surface area contributed by atoms with Gasteiger partial charge in [0.2, 0.25) is 0 Å². The Morgan fingerprint density at radius 3 is 1.38 bits per heavy atom. The smallest absolute Gasteiger partial charge is 0.112 e. The largest absolute Gasteiger partial charge is 0.550 e. The molecule has 0 aromatic heterocycles. The van der Waals surface area contributed by atoms with E-state index in [-0.39, 0.29) is 6.42 Å². The molecule has 26 heavy (non-hydrogen) atoms. The third kappa shape index (κ3) is 4.03. The molecule has 3 aromatic carbocycles. The number of rotatable bonds is 8. The van der Waals surface area contributed by atoms with Gasteiger partial charge in [-0.25, -0.2) is 0 Å². The summed E-state index contributed by atoms with van der Waals surface area (Å²) in [5, 5.41) is 14.8. The molecule has 0 spiro atoms. The van der Waals surface area contributed by atoms with Gasteiger partial charge in [-0.05, 0) is 55.7 Å². The topological polar surface area (TPSA) is 40.1 Å². The first-order chi connectivity index (χ1) is 12.7. The Bertz CT molecular complexity index is 720. The molecule has 0 heterocycles. The molecular formula is C23H23O2P. The van der Waals surface area contributed by atoms with Crippen molar-refractivity contribution in [2.24, 2.45) is 0 Å². The van der Waals surface area contributed by atoms with Crippen molar-refractivity contribution < 1.29 is 9.90 Å². The maximum Gasteiger partial charge on any atom is 0.112 e. The molecule has 0 aliphatic rings. The lowest BCUT2D eigenvalue weighted by molar-refractivity contribution is -0.305. The molecule has 0 amide bonds. The molecule has 2 nitrogen and oxygen atoms in total. The number of carbonyl (C=O) groups is 1. The summed E-state index contributed by atoms with van der Waals surface area (Å²) in [4.78, 5) is 10.8. The Kier molecular flexibility index (Phi) is 6.20. The van der Waals surface area contributed by atoms with Crippen LogP contribution in [0.4, 0.5) is 0 Å². The summed E-state index contributed by atoms with van der Waals surface area (Å²) in [6.45, 7) is 0. The maximum atomic E-state index is 10.8. The number of aliphatic carboxylic acids is 1. The molecule has 3 aromatic rings. The van der Waals surface area contributed by atoms with Gasteiger partial charge in [-0.3, -0.25) is 0 Å². The molecule has 0 aliphatic carbocycles. The van der Waals surface area contributed by atoms with E-state index >= 15 is 0 Å². The number of carbonyl (C=O) groups excluding carboxylic acids is 1. The molecule has 3 rings (SSSR count). The van der Waals surface area contributed by atoms with Gasteiger partial charge < -0.3 is 9.90 Å². The second-order valence-electron chi connectivity index (χ2n) is 6.37. The lowest BCUT2D eigenvalue weighted by atomic mass is 10.2. The minimum absolute atomic E-state index is 0.123. The van der Waals surface area contributed by atoms with E-state index < -0.39 is 13.2 Å². The zero-order valence-corrected chi connectivity index (χ0v) is 15.6. The third-order valence-electron chi connectivity index (χ3n) is 4.72. The van der Waals surface area contributed by atoms with Crippen molar-refractivity contribution in [2.75, 3.05) is 6.16 Å². The summed E-state index contributed by atoms with van der Waals surface area (Å²) in [5.74, 6) is -0.965. The van der Waals surface area contributed by atoms with Gasteiger partial charge in [-0.1, -0.05) is 54.6 Å². The molecule has 0 N–H and O–H groups in total. The number of unbranched alkanes of at least 4 members (excludes halogenated alkanes) is 1. The quantitative estimate of drug-likeness (QED) is 0.457. The van der Waals surface area contributed by atoms with Crippen LogP contribution in [0.25, 0.3) is 0 Å². The minimum Gasteiger partial charge on any atom is -0.550 e. The zero-order chi connectivity index (χ0) is 18.2. The Balaban J connectivity index is 2.10. The Morgan fingerprint density at radius 2 is 1.04 bits per heavy atom. The van der Waals surface area contributed by atoms with E-state index in [9.17, 15) is 9.90 Å². The lowest BCUT2D eigenvalue weighted by Crippen LogP contribution is -2.33. The standard InChI is InChI=1S/C23H23O2P/c24-23(25)18-10-11-19-26(20-12-4-1-5-13-20,21-14-6-2-7-15-21)22-16-8-3-9-17-22/h1-9,12-17H,10-11,18-19H2. The number of hydrogen-bond donors (Lipinski definition) is 0. The van der Waals surface area contributed by atoms with Crippen LogP contribution in [0, 0.1) is 0 Å². The summed E-state index contributed by atoms with van der Waals surface area (Å²) in [7, 11) is -1.83. The monoisotopic (exact) mass is 362 g/mol. The highest BCUT2D eigenvalue weighted by molar-refractivity contribution is 7.95. The first-order valence-corrected chi connectivity index (χ1v) is 11.0. The predicted molar refractivity (Wildman–Crippen MR) is 109 cm³/mol. The van der Waals surface area contributed by atoms with E-state index in [0.29, 0.717) is 6.42 Å². The first-order valence-electron chi connectivity index (χ1n) is 8.98. The fourth-order valence-electron chi connectivity index (χ4n) is 3.50. The molecule has 0 saturated carbocycles. The summed E-state index contributed by atoms with van der Waals surface area (Å²) >= 11 is 0. The predicted octanol–water partition coefficient (Wildman–Crippen LogP) is 2.90.